The van der Waals surface area contributed by atoms with Crippen molar-refractivity contribution < 1.29 is 28.0 Å². The predicted molar refractivity (Wildman–Crippen MR) is 179 cm³/mol. The van der Waals surface area contributed by atoms with Gasteiger partial charge in [0.15, 0.2) is 9.92 Å². The lowest BCUT2D eigenvalue weighted by atomic mass is 9.68. The highest BCUT2D eigenvalue weighted by molar-refractivity contribution is 7.92. The number of benzene rings is 2. The van der Waals surface area contributed by atoms with Gasteiger partial charge in [-0.2, -0.15) is 0 Å². The van der Waals surface area contributed by atoms with Crippen molar-refractivity contribution in [3.63, 3.8) is 0 Å². The van der Waals surface area contributed by atoms with Crippen molar-refractivity contribution >= 4 is 39.0 Å². The van der Waals surface area contributed by atoms with Crippen molar-refractivity contribution in [3.05, 3.63) is 77.4 Å². The summed E-state index contributed by atoms with van der Waals surface area (Å²) in [4.78, 5) is 28.6. The minimum absolute atomic E-state index is 0.104. The molecule has 2 aliphatic carbocycles. The molecule has 0 saturated heterocycles. The second kappa shape index (κ2) is 12.8. The molecule has 2 aromatic rings. The molecule has 5 atom stereocenters. The first-order valence-corrected chi connectivity index (χ1v) is 17.8. The molecule has 0 aromatic heterocycles. The molecule has 2 amide bonds. The second-order valence-electron chi connectivity index (χ2n) is 13.3. The van der Waals surface area contributed by atoms with Crippen LogP contribution in [0.1, 0.15) is 50.7 Å². The summed E-state index contributed by atoms with van der Waals surface area (Å²) in [5.41, 5.74) is 1.53. The van der Waals surface area contributed by atoms with Gasteiger partial charge in [-0.1, -0.05) is 36.4 Å². The number of hydrogen-bond donors (Lipinski definition) is 1. The maximum Gasteiger partial charge on any atom is 0.287 e. The number of nitrogens with zero attached hydrogens (tertiary/aromatic N) is 2. The zero-order chi connectivity index (χ0) is 32.7. The van der Waals surface area contributed by atoms with Crippen molar-refractivity contribution in [3.8, 4) is 5.75 Å². The van der Waals surface area contributed by atoms with E-state index in [1.54, 1.807) is 39.2 Å². The molecule has 46 heavy (non-hydrogen) atoms. The Labute approximate surface area is 276 Å². The van der Waals surface area contributed by atoms with Crippen LogP contribution in [0.15, 0.2) is 70.5 Å². The van der Waals surface area contributed by atoms with Gasteiger partial charge >= 0.3 is 0 Å². The number of amides is 2. The van der Waals surface area contributed by atoms with Gasteiger partial charge in [0.1, 0.15) is 11.4 Å². The van der Waals surface area contributed by atoms with Crippen molar-refractivity contribution in [2.75, 3.05) is 38.3 Å². The van der Waals surface area contributed by atoms with E-state index in [2.05, 4.69) is 32.7 Å². The lowest BCUT2D eigenvalue weighted by Crippen LogP contribution is -2.49. The minimum atomic E-state index is -3.78. The SMILES string of the molecule is C=CC(=O)N[S@@]1(=O)=NC(=O)C(C)(C)OCC=C[C@H](OC)[C@@H]2CC[C@H]2CN2C[C@@]3(CCCc4cc(Cl)ccc43)COc3ccc1cc32. The normalized spacial score (nSPS) is 30.5. The maximum atomic E-state index is 14.6. The van der Waals surface area contributed by atoms with E-state index in [1.807, 2.05) is 18.2 Å². The Bertz CT molecular complexity index is 1700. The van der Waals surface area contributed by atoms with E-state index in [-0.39, 0.29) is 23.0 Å². The van der Waals surface area contributed by atoms with Gasteiger partial charge in [0.25, 0.3) is 11.8 Å². The number of fused-ring (bicyclic) bond motifs is 4. The van der Waals surface area contributed by atoms with Crippen LogP contribution in [-0.4, -0.2) is 61.1 Å². The predicted octanol–water partition coefficient (Wildman–Crippen LogP) is 5.79. The van der Waals surface area contributed by atoms with Crippen molar-refractivity contribution in [1.82, 2.24) is 4.72 Å². The van der Waals surface area contributed by atoms with Crippen LogP contribution < -0.4 is 14.4 Å². The number of hydrogen-bond acceptors (Lipinski definition) is 7. The minimum Gasteiger partial charge on any atom is -0.490 e. The Morgan fingerprint density at radius 2 is 2.07 bits per heavy atom. The van der Waals surface area contributed by atoms with Crippen LogP contribution in [0.5, 0.6) is 5.75 Å². The van der Waals surface area contributed by atoms with Gasteiger partial charge in [-0.25, -0.2) is 4.21 Å². The van der Waals surface area contributed by atoms with Gasteiger partial charge in [0.05, 0.1) is 29.9 Å². The quantitative estimate of drug-likeness (QED) is 0.326. The summed E-state index contributed by atoms with van der Waals surface area (Å²) in [5.74, 6) is -0.201. The zero-order valence-electron chi connectivity index (χ0n) is 26.6. The summed E-state index contributed by atoms with van der Waals surface area (Å²) in [5, 5.41) is 0.725. The molecule has 4 aliphatic rings. The fourth-order valence-corrected chi connectivity index (χ4v) is 9.04. The number of carbonyl (C=O) groups is 2. The van der Waals surface area contributed by atoms with Crippen molar-refractivity contribution in [2.24, 2.45) is 16.2 Å². The van der Waals surface area contributed by atoms with Crippen LogP contribution in [0.2, 0.25) is 5.02 Å². The summed E-state index contributed by atoms with van der Waals surface area (Å²) in [6, 6.07) is 11.3. The van der Waals surface area contributed by atoms with Gasteiger partial charge in [0.2, 0.25) is 0 Å². The maximum absolute atomic E-state index is 14.6. The standard InChI is InChI=1S/C35H42ClN3O6S/c1-5-32(40)37-46(42)26-12-15-31-29(19-26)39(21-35(22-44-31)16-6-8-23-18-25(36)11-14-28(23)35)20-24-10-13-27(24)30(43-4)9-7-17-45-34(2,3)33(41)38-46/h5,7,9,11-12,14-15,18-19,24,27,30H,1,6,8,10,13,16-17,20-22H2,2-4H3,(H,37,38,40,41,42)/t24-,27+,30-,35-,46+/m0/s1. The second-order valence-corrected chi connectivity index (χ2v) is 15.6. The Morgan fingerprint density at radius 1 is 1.24 bits per heavy atom. The number of methoxy groups -OCH3 is 1. The molecular weight excluding hydrogens is 626 g/mol. The average molecular weight is 668 g/mol. The van der Waals surface area contributed by atoms with Crippen molar-refractivity contribution in [2.45, 2.75) is 68.0 Å². The van der Waals surface area contributed by atoms with E-state index in [0.717, 1.165) is 55.4 Å². The van der Waals surface area contributed by atoms with Crippen LogP contribution in [0, 0.1) is 11.8 Å². The lowest BCUT2D eigenvalue weighted by Gasteiger charge is -2.46. The summed E-state index contributed by atoms with van der Waals surface area (Å²) >= 11 is 6.43. The summed E-state index contributed by atoms with van der Waals surface area (Å²) in [7, 11) is -2.06. The number of carbonyl (C=O) groups excluding carboxylic acids is 2. The van der Waals surface area contributed by atoms with E-state index >= 15 is 0 Å². The highest BCUT2D eigenvalue weighted by Gasteiger charge is 2.44. The third-order valence-corrected chi connectivity index (χ3v) is 12.0. The fraction of sp³-hybridized carbons (Fsp3) is 0.486. The van der Waals surface area contributed by atoms with E-state index in [1.165, 1.54) is 11.1 Å². The van der Waals surface area contributed by atoms with Gasteiger partial charge < -0.3 is 19.1 Å². The Balaban J connectivity index is 1.51. The summed E-state index contributed by atoms with van der Waals surface area (Å²) in [6.45, 7) is 8.66. The molecule has 9 nitrogen and oxygen atoms in total. The lowest BCUT2D eigenvalue weighted by molar-refractivity contribution is -0.137. The van der Waals surface area contributed by atoms with E-state index < -0.39 is 27.3 Å². The van der Waals surface area contributed by atoms with Gasteiger partial charge in [0, 0.05) is 30.6 Å². The van der Waals surface area contributed by atoms with Gasteiger partial charge in [-0.3, -0.25) is 14.3 Å². The molecule has 6 rings (SSSR count). The zero-order valence-corrected chi connectivity index (χ0v) is 28.2. The van der Waals surface area contributed by atoms with Gasteiger partial charge in [-0.15, -0.1) is 4.36 Å². The van der Waals surface area contributed by atoms with Crippen LogP contribution in [0.4, 0.5) is 5.69 Å². The molecular formula is C35H42ClN3O6S. The highest BCUT2D eigenvalue weighted by Crippen LogP contribution is 2.47. The van der Waals surface area contributed by atoms with Crippen LogP contribution in [0.25, 0.3) is 0 Å². The first-order chi connectivity index (χ1) is 22.0. The third-order valence-electron chi connectivity index (χ3n) is 9.97. The first kappa shape index (κ1) is 32.7. The molecule has 0 unspecified atom stereocenters. The largest absolute Gasteiger partial charge is 0.490 e. The Morgan fingerprint density at radius 3 is 2.80 bits per heavy atom. The first-order valence-electron chi connectivity index (χ1n) is 15.9. The number of ether oxygens (including phenoxy) is 3. The highest BCUT2D eigenvalue weighted by atomic mass is 35.5. The molecule has 1 saturated carbocycles. The molecule has 2 aliphatic heterocycles. The van der Waals surface area contributed by atoms with E-state index in [4.69, 9.17) is 25.8 Å². The van der Waals surface area contributed by atoms with Crippen molar-refractivity contribution in [1.29, 1.82) is 0 Å². The Hall–Kier alpha value is -3.18. The smallest absolute Gasteiger partial charge is 0.287 e. The number of nitrogens with one attached hydrogen (secondary N) is 1. The Kier molecular flexibility index (Phi) is 9.10. The molecule has 2 heterocycles. The van der Waals surface area contributed by atoms with Gasteiger partial charge in [-0.05, 0) is 105 Å². The average Bonchev–Trinajstić information content (AvgIpc) is 3.16. The number of halogens is 1. The molecule has 1 spiro atoms. The summed E-state index contributed by atoms with van der Waals surface area (Å²) < 4.78 is 39.6. The molecule has 1 N–H and O–H groups in total. The molecule has 246 valence electrons. The molecule has 11 heteroatoms. The number of aryl methyl sites for hydroxylation is 1. The van der Waals surface area contributed by atoms with E-state index in [9.17, 15) is 13.8 Å². The molecule has 0 radical (unpaired) electrons. The third kappa shape index (κ3) is 6.24. The van der Waals surface area contributed by atoms with E-state index in [0.29, 0.717) is 30.7 Å². The van der Waals surface area contributed by atoms with Crippen LogP contribution in [0.3, 0.4) is 0 Å². The summed E-state index contributed by atoms with van der Waals surface area (Å²) in [6.07, 6.45) is 9.77. The number of anilines is 1. The fourth-order valence-electron chi connectivity index (χ4n) is 7.25. The van der Waals surface area contributed by atoms with Crippen LogP contribution >= 0.6 is 11.6 Å². The number of rotatable bonds is 3. The molecule has 1 fully saturated rings. The monoisotopic (exact) mass is 667 g/mol. The molecule has 2 aromatic carbocycles. The molecule has 2 bridgehead atoms. The topological polar surface area (TPSA) is 107 Å². The van der Waals surface area contributed by atoms with Crippen LogP contribution in [-0.2, 0) is 40.8 Å².